The summed E-state index contributed by atoms with van der Waals surface area (Å²) in [6.45, 7) is 3.62. The number of nitrogens with one attached hydrogen (secondary N) is 1. The molecule has 0 aliphatic carbocycles. The van der Waals surface area contributed by atoms with Crippen molar-refractivity contribution in [1.29, 1.82) is 0 Å². The predicted octanol–water partition coefficient (Wildman–Crippen LogP) is 4.19. The van der Waals surface area contributed by atoms with E-state index in [2.05, 4.69) is 21.2 Å². The molecule has 4 heteroatoms. The van der Waals surface area contributed by atoms with Gasteiger partial charge in [0.2, 0.25) is 0 Å². The second-order valence-corrected chi connectivity index (χ2v) is 6.87. The number of benzene rings is 2. The molecule has 0 bridgehead atoms. The van der Waals surface area contributed by atoms with E-state index < -0.39 is 5.60 Å². The molecule has 0 amide bonds. The second-order valence-electron chi connectivity index (χ2n) is 5.96. The minimum atomic E-state index is -0.543. The minimum absolute atomic E-state index is 0.255. The summed E-state index contributed by atoms with van der Waals surface area (Å²) < 4.78 is 6.97. The van der Waals surface area contributed by atoms with Crippen LogP contribution in [0.1, 0.15) is 34.3 Å². The highest BCUT2D eigenvalue weighted by Gasteiger charge is 2.38. The molecule has 0 spiro atoms. The number of ether oxygens (including phenoxy) is 1. The van der Waals surface area contributed by atoms with Gasteiger partial charge >= 0.3 is 5.97 Å². The molecule has 0 saturated carbocycles. The van der Waals surface area contributed by atoms with E-state index in [9.17, 15) is 4.79 Å². The first-order chi connectivity index (χ1) is 11.1. The van der Waals surface area contributed by atoms with Gasteiger partial charge in [-0.25, -0.2) is 4.79 Å². The molecule has 3 rings (SSSR count). The molecular formula is C19H20BrNO2. The van der Waals surface area contributed by atoms with Crippen LogP contribution < -0.4 is 5.32 Å². The smallest absolute Gasteiger partial charge is 0.339 e. The lowest BCUT2D eigenvalue weighted by molar-refractivity contribution is -0.0379. The summed E-state index contributed by atoms with van der Waals surface area (Å²) in [7, 11) is 0. The summed E-state index contributed by atoms with van der Waals surface area (Å²) in [4.78, 5) is 12.8. The zero-order valence-electron chi connectivity index (χ0n) is 13.1. The Hall–Kier alpha value is -1.65. The standard InChI is InChI=1S/C19H20BrNO2/c1-14-7-8-16(20)13-17(14)18(22)23-19(9-11-21-12-10-19)15-5-3-2-4-6-15/h2-8,13,21H,9-12H2,1H3. The molecule has 3 nitrogen and oxygen atoms in total. The maximum atomic E-state index is 12.8. The Bertz CT molecular complexity index is 694. The van der Waals surface area contributed by atoms with Crippen molar-refractivity contribution >= 4 is 21.9 Å². The Kier molecular flexibility index (Phi) is 4.83. The van der Waals surface area contributed by atoms with Crippen LogP contribution in [0.25, 0.3) is 0 Å². The van der Waals surface area contributed by atoms with Gasteiger partial charge in [-0.2, -0.15) is 0 Å². The molecule has 1 aliphatic heterocycles. The van der Waals surface area contributed by atoms with E-state index in [1.165, 1.54) is 0 Å². The number of halogens is 1. The Labute approximate surface area is 145 Å². The van der Waals surface area contributed by atoms with Gasteiger partial charge in [0.15, 0.2) is 0 Å². The molecule has 1 saturated heterocycles. The molecular weight excluding hydrogens is 354 g/mol. The summed E-state index contributed by atoms with van der Waals surface area (Å²) in [5, 5.41) is 3.34. The van der Waals surface area contributed by atoms with Crippen LogP contribution in [0.15, 0.2) is 53.0 Å². The SMILES string of the molecule is Cc1ccc(Br)cc1C(=O)OC1(c2ccccc2)CCNCC1. The van der Waals surface area contributed by atoms with Crippen LogP contribution in [-0.2, 0) is 10.3 Å². The van der Waals surface area contributed by atoms with Crippen molar-refractivity contribution in [2.75, 3.05) is 13.1 Å². The van der Waals surface area contributed by atoms with Gasteiger partial charge in [-0.3, -0.25) is 0 Å². The predicted molar refractivity (Wildman–Crippen MR) is 94.5 cm³/mol. The fourth-order valence-electron chi connectivity index (χ4n) is 3.07. The van der Waals surface area contributed by atoms with Gasteiger partial charge in [-0.15, -0.1) is 0 Å². The third-order valence-corrected chi connectivity index (χ3v) is 4.91. The lowest BCUT2D eigenvalue weighted by Gasteiger charge is -2.37. The average Bonchev–Trinajstić information content (AvgIpc) is 2.58. The third kappa shape index (κ3) is 3.48. The Morgan fingerprint density at radius 3 is 2.52 bits per heavy atom. The molecule has 1 aliphatic rings. The van der Waals surface area contributed by atoms with Gasteiger partial charge < -0.3 is 10.1 Å². The largest absolute Gasteiger partial charge is 0.450 e. The zero-order chi connectivity index (χ0) is 16.3. The summed E-state index contributed by atoms with van der Waals surface area (Å²) in [6, 6.07) is 15.8. The van der Waals surface area contributed by atoms with Crippen LogP contribution in [0, 0.1) is 6.92 Å². The number of aryl methyl sites for hydroxylation is 1. The quantitative estimate of drug-likeness (QED) is 0.819. The minimum Gasteiger partial charge on any atom is -0.450 e. The van der Waals surface area contributed by atoms with Crippen molar-refractivity contribution in [2.24, 2.45) is 0 Å². The van der Waals surface area contributed by atoms with Gasteiger partial charge in [0, 0.05) is 17.3 Å². The summed E-state index contributed by atoms with van der Waals surface area (Å²) in [5.74, 6) is -0.255. The lowest BCUT2D eigenvalue weighted by atomic mass is 9.84. The molecule has 0 radical (unpaired) electrons. The van der Waals surface area contributed by atoms with E-state index in [1.54, 1.807) is 0 Å². The normalized spacial score (nSPS) is 16.8. The zero-order valence-corrected chi connectivity index (χ0v) is 14.7. The summed E-state index contributed by atoms with van der Waals surface area (Å²) >= 11 is 3.43. The molecule has 2 aromatic rings. The number of esters is 1. The van der Waals surface area contributed by atoms with Gasteiger partial charge in [0.05, 0.1) is 5.56 Å². The van der Waals surface area contributed by atoms with Crippen LogP contribution in [0.4, 0.5) is 0 Å². The maximum Gasteiger partial charge on any atom is 0.339 e. The molecule has 1 fully saturated rings. The van der Waals surface area contributed by atoms with Crippen molar-refractivity contribution in [3.63, 3.8) is 0 Å². The van der Waals surface area contributed by atoms with Crippen LogP contribution in [0.5, 0.6) is 0 Å². The van der Waals surface area contributed by atoms with Crippen LogP contribution in [-0.4, -0.2) is 19.1 Å². The van der Waals surface area contributed by atoms with E-state index in [1.807, 2.05) is 55.5 Å². The number of piperidine rings is 1. The lowest BCUT2D eigenvalue weighted by Crippen LogP contribution is -2.43. The van der Waals surface area contributed by atoms with Gasteiger partial charge in [0.25, 0.3) is 0 Å². The number of hydrogen-bond donors (Lipinski definition) is 1. The molecule has 0 atom stereocenters. The third-order valence-electron chi connectivity index (χ3n) is 4.42. The fourth-order valence-corrected chi connectivity index (χ4v) is 3.43. The topological polar surface area (TPSA) is 38.3 Å². The molecule has 120 valence electrons. The highest BCUT2D eigenvalue weighted by molar-refractivity contribution is 9.10. The molecule has 1 N–H and O–H groups in total. The van der Waals surface area contributed by atoms with Crippen molar-refractivity contribution in [2.45, 2.75) is 25.4 Å². The van der Waals surface area contributed by atoms with Crippen LogP contribution in [0.2, 0.25) is 0 Å². The summed E-state index contributed by atoms with van der Waals surface area (Å²) in [5.41, 5.74) is 2.07. The van der Waals surface area contributed by atoms with Crippen molar-refractivity contribution < 1.29 is 9.53 Å². The second kappa shape index (κ2) is 6.85. The Morgan fingerprint density at radius 1 is 1.13 bits per heavy atom. The maximum absolute atomic E-state index is 12.8. The molecule has 0 aromatic heterocycles. The van der Waals surface area contributed by atoms with Gasteiger partial charge in [-0.05, 0) is 43.3 Å². The first kappa shape index (κ1) is 16.2. The van der Waals surface area contributed by atoms with Crippen molar-refractivity contribution in [3.05, 3.63) is 69.7 Å². The van der Waals surface area contributed by atoms with E-state index in [0.29, 0.717) is 5.56 Å². The van der Waals surface area contributed by atoms with E-state index >= 15 is 0 Å². The van der Waals surface area contributed by atoms with Gasteiger partial charge in [0.1, 0.15) is 5.60 Å². The van der Waals surface area contributed by atoms with Crippen LogP contribution in [0.3, 0.4) is 0 Å². The monoisotopic (exact) mass is 373 g/mol. The highest BCUT2D eigenvalue weighted by Crippen LogP contribution is 2.36. The number of hydrogen-bond acceptors (Lipinski definition) is 3. The number of carbonyl (C=O) groups excluding carboxylic acids is 1. The summed E-state index contributed by atoms with van der Waals surface area (Å²) in [6.07, 6.45) is 1.58. The van der Waals surface area contributed by atoms with E-state index in [0.717, 1.165) is 41.5 Å². The fraction of sp³-hybridized carbons (Fsp3) is 0.316. The van der Waals surface area contributed by atoms with E-state index in [-0.39, 0.29) is 5.97 Å². The first-order valence-corrected chi connectivity index (χ1v) is 8.66. The molecule has 1 heterocycles. The van der Waals surface area contributed by atoms with Gasteiger partial charge in [-0.1, -0.05) is 52.3 Å². The Balaban J connectivity index is 1.93. The Morgan fingerprint density at radius 2 is 1.83 bits per heavy atom. The first-order valence-electron chi connectivity index (χ1n) is 7.86. The van der Waals surface area contributed by atoms with Crippen molar-refractivity contribution in [1.82, 2.24) is 5.32 Å². The number of carbonyl (C=O) groups is 1. The van der Waals surface area contributed by atoms with Crippen LogP contribution >= 0.6 is 15.9 Å². The highest BCUT2D eigenvalue weighted by atomic mass is 79.9. The molecule has 0 unspecified atom stereocenters. The molecule has 2 aromatic carbocycles. The van der Waals surface area contributed by atoms with Crippen molar-refractivity contribution in [3.8, 4) is 0 Å². The number of rotatable bonds is 3. The average molecular weight is 374 g/mol. The van der Waals surface area contributed by atoms with E-state index in [4.69, 9.17) is 4.74 Å². The molecule has 23 heavy (non-hydrogen) atoms.